The second-order valence-electron chi connectivity index (χ2n) is 4.11. The average molecular weight is 288 g/mol. The lowest BCUT2D eigenvalue weighted by Crippen LogP contribution is -2.18. The van der Waals surface area contributed by atoms with Gasteiger partial charge in [-0.15, -0.1) is 0 Å². The SMILES string of the molecule is CCCOc1cc(Cl)c(CNCCOC)cc1OC. The fourth-order valence-electron chi connectivity index (χ4n) is 1.59. The van der Waals surface area contributed by atoms with Gasteiger partial charge in [-0.2, -0.15) is 0 Å². The lowest BCUT2D eigenvalue weighted by molar-refractivity contribution is 0.199. The van der Waals surface area contributed by atoms with Crippen LogP contribution in [0.15, 0.2) is 12.1 Å². The minimum Gasteiger partial charge on any atom is -0.493 e. The summed E-state index contributed by atoms with van der Waals surface area (Å²) in [6.45, 7) is 4.84. The molecule has 0 aliphatic heterocycles. The summed E-state index contributed by atoms with van der Waals surface area (Å²) in [5, 5.41) is 3.93. The highest BCUT2D eigenvalue weighted by molar-refractivity contribution is 6.31. The second kappa shape index (κ2) is 9.02. The molecule has 1 rings (SSSR count). The molecule has 5 heteroatoms. The van der Waals surface area contributed by atoms with E-state index < -0.39 is 0 Å². The van der Waals surface area contributed by atoms with Gasteiger partial charge in [-0.05, 0) is 18.1 Å². The van der Waals surface area contributed by atoms with Gasteiger partial charge in [-0.1, -0.05) is 18.5 Å². The quantitative estimate of drug-likeness (QED) is 0.709. The highest BCUT2D eigenvalue weighted by atomic mass is 35.5. The molecule has 1 aromatic carbocycles. The van der Waals surface area contributed by atoms with Gasteiger partial charge < -0.3 is 19.5 Å². The van der Waals surface area contributed by atoms with Crippen LogP contribution in [-0.4, -0.2) is 34.0 Å². The van der Waals surface area contributed by atoms with E-state index in [1.165, 1.54) is 0 Å². The van der Waals surface area contributed by atoms with Gasteiger partial charge >= 0.3 is 0 Å². The van der Waals surface area contributed by atoms with Crippen molar-refractivity contribution >= 4 is 11.6 Å². The molecule has 0 aliphatic rings. The Morgan fingerprint density at radius 1 is 1.16 bits per heavy atom. The van der Waals surface area contributed by atoms with Crippen LogP contribution in [0.2, 0.25) is 5.02 Å². The Morgan fingerprint density at radius 2 is 1.95 bits per heavy atom. The minimum absolute atomic E-state index is 0.651. The Morgan fingerprint density at radius 3 is 2.58 bits per heavy atom. The van der Waals surface area contributed by atoms with E-state index >= 15 is 0 Å². The summed E-state index contributed by atoms with van der Waals surface area (Å²) in [6.07, 6.45) is 0.946. The number of benzene rings is 1. The predicted octanol–water partition coefficient (Wildman–Crippen LogP) is 2.87. The predicted molar refractivity (Wildman–Crippen MR) is 77.4 cm³/mol. The monoisotopic (exact) mass is 287 g/mol. The second-order valence-corrected chi connectivity index (χ2v) is 4.52. The van der Waals surface area contributed by atoms with Gasteiger partial charge in [0.05, 0.1) is 20.3 Å². The summed E-state index contributed by atoms with van der Waals surface area (Å²) in [7, 11) is 3.31. The van der Waals surface area contributed by atoms with Crippen LogP contribution in [0.5, 0.6) is 11.5 Å². The summed E-state index contributed by atoms with van der Waals surface area (Å²) >= 11 is 6.24. The number of hydrogen-bond donors (Lipinski definition) is 1. The fraction of sp³-hybridized carbons (Fsp3) is 0.571. The van der Waals surface area contributed by atoms with E-state index in [2.05, 4.69) is 12.2 Å². The smallest absolute Gasteiger partial charge is 0.162 e. The van der Waals surface area contributed by atoms with Crippen LogP contribution in [0.1, 0.15) is 18.9 Å². The van der Waals surface area contributed by atoms with Gasteiger partial charge in [0.25, 0.3) is 0 Å². The molecule has 4 nitrogen and oxygen atoms in total. The molecule has 0 spiro atoms. The van der Waals surface area contributed by atoms with Crippen LogP contribution >= 0.6 is 11.6 Å². The maximum absolute atomic E-state index is 6.24. The van der Waals surface area contributed by atoms with E-state index in [4.69, 9.17) is 25.8 Å². The van der Waals surface area contributed by atoms with E-state index in [1.807, 2.05) is 12.1 Å². The molecule has 0 saturated carbocycles. The van der Waals surface area contributed by atoms with E-state index in [1.54, 1.807) is 14.2 Å². The van der Waals surface area contributed by atoms with Crippen LogP contribution in [0.4, 0.5) is 0 Å². The molecule has 1 N–H and O–H groups in total. The zero-order valence-corrected chi connectivity index (χ0v) is 12.5. The first-order valence-electron chi connectivity index (χ1n) is 6.41. The Kier molecular flexibility index (Phi) is 7.63. The maximum Gasteiger partial charge on any atom is 0.162 e. The first-order chi connectivity index (χ1) is 9.22. The van der Waals surface area contributed by atoms with Crippen LogP contribution < -0.4 is 14.8 Å². The molecule has 0 aromatic heterocycles. The summed E-state index contributed by atoms with van der Waals surface area (Å²) in [6, 6.07) is 3.72. The largest absolute Gasteiger partial charge is 0.493 e. The molecule has 0 amide bonds. The van der Waals surface area contributed by atoms with Crippen molar-refractivity contribution in [3.05, 3.63) is 22.7 Å². The first-order valence-corrected chi connectivity index (χ1v) is 6.79. The lowest BCUT2D eigenvalue weighted by Gasteiger charge is -2.13. The summed E-state index contributed by atoms with van der Waals surface area (Å²) in [5.74, 6) is 1.40. The van der Waals surface area contributed by atoms with Crippen molar-refractivity contribution in [3.63, 3.8) is 0 Å². The molecular formula is C14H22ClNO3. The average Bonchev–Trinajstić information content (AvgIpc) is 2.42. The minimum atomic E-state index is 0.651. The van der Waals surface area contributed by atoms with Gasteiger partial charge in [-0.3, -0.25) is 0 Å². The zero-order chi connectivity index (χ0) is 14.1. The van der Waals surface area contributed by atoms with Crippen LogP contribution in [0.3, 0.4) is 0 Å². The number of rotatable bonds is 9. The normalized spacial score (nSPS) is 10.5. The van der Waals surface area contributed by atoms with E-state index in [-0.39, 0.29) is 0 Å². The van der Waals surface area contributed by atoms with Crippen molar-refractivity contribution in [2.75, 3.05) is 34.0 Å². The number of methoxy groups -OCH3 is 2. The fourth-order valence-corrected chi connectivity index (χ4v) is 1.81. The number of nitrogens with one attached hydrogen (secondary N) is 1. The third kappa shape index (κ3) is 5.27. The molecule has 0 heterocycles. The molecule has 108 valence electrons. The zero-order valence-electron chi connectivity index (χ0n) is 11.8. The first kappa shape index (κ1) is 16.1. The van der Waals surface area contributed by atoms with E-state index in [0.29, 0.717) is 36.3 Å². The molecule has 0 radical (unpaired) electrons. The third-order valence-corrected chi connectivity index (χ3v) is 2.94. The van der Waals surface area contributed by atoms with E-state index in [0.717, 1.165) is 18.5 Å². The molecule has 0 atom stereocenters. The van der Waals surface area contributed by atoms with Crippen LogP contribution in [0.25, 0.3) is 0 Å². The van der Waals surface area contributed by atoms with Crippen molar-refractivity contribution in [2.24, 2.45) is 0 Å². The summed E-state index contributed by atoms with van der Waals surface area (Å²) in [5.41, 5.74) is 0.985. The standard InChI is InChI=1S/C14H22ClNO3/c1-4-6-19-14-9-12(15)11(8-13(14)18-3)10-16-5-7-17-2/h8-9,16H,4-7,10H2,1-3H3. The number of hydrogen-bond acceptors (Lipinski definition) is 4. The van der Waals surface area contributed by atoms with Gasteiger partial charge in [0, 0.05) is 31.3 Å². The van der Waals surface area contributed by atoms with Crippen LogP contribution in [-0.2, 0) is 11.3 Å². The molecule has 0 fully saturated rings. The summed E-state index contributed by atoms with van der Waals surface area (Å²) in [4.78, 5) is 0. The number of halogens is 1. The molecule has 0 unspecified atom stereocenters. The molecule has 0 saturated heterocycles. The lowest BCUT2D eigenvalue weighted by atomic mass is 10.2. The molecular weight excluding hydrogens is 266 g/mol. The van der Waals surface area contributed by atoms with Crippen molar-refractivity contribution in [2.45, 2.75) is 19.9 Å². The molecule has 0 bridgehead atoms. The van der Waals surface area contributed by atoms with Crippen molar-refractivity contribution in [3.8, 4) is 11.5 Å². The summed E-state index contributed by atoms with van der Waals surface area (Å²) < 4.78 is 15.9. The van der Waals surface area contributed by atoms with Crippen molar-refractivity contribution in [1.29, 1.82) is 0 Å². The highest BCUT2D eigenvalue weighted by Gasteiger charge is 2.10. The molecule has 0 aliphatic carbocycles. The maximum atomic E-state index is 6.24. The highest BCUT2D eigenvalue weighted by Crippen LogP contribution is 2.33. The Bertz CT molecular complexity index is 385. The van der Waals surface area contributed by atoms with Crippen molar-refractivity contribution in [1.82, 2.24) is 5.32 Å². The third-order valence-electron chi connectivity index (χ3n) is 2.59. The Labute approximate surface area is 120 Å². The van der Waals surface area contributed by atoms with Crippen molar-refractivity contribution < 1.29 is 14.2 Å². The van der Waals surface area contributed by atoms with Gasteiger partial charge in [0.1, 0.15) is 0 Å². The molecule has 19 heavy (non-hydrogen) atoms. The van der Waals surface area contributed by atoms with Crippen LogP contribution in [0, 0.1) is 0 Å². The van der Waals surface area contributed by atoms with Gasteiger partial charge in [0.15, 0.2) is 11.5 Å². The Balaban J connectivity index is 2.71. The number of ether oxygens (including phenoxy) is 3. The van der Waals surface area contributed by atoms with Gasteiger partial charge in [0.2, 0.25) is 0 Å². The molecule has 1 aromatic rings. The van der Waals surface area contributed by atoms with Gasteiger partial charge in [-0.25, -0.2) is 0 Å². The Hall–Kier alpha value is -0.970. The van der Waals surface area contributed by atoms with E-state index in [9.17, 15) is 0 Å². The topological polar surface area (TPSA) is 39.7 Å².